The highest BCUT2D eigenvalue weighted by Crippen LogP contribution is 1.84. The van der Waals surface area contributed by atoms with Crippen molar-refractivity contribution >= 4 is 0 Å². The lowest BCUT2D eigenvalue weighted by Gasteiger charge is -1.76. The van der Waals surface area contributed by atoms with Crippen molar-refractivity contribution in [3.8, 4) is 0 Å². The van der Waals surface area contributed by atoms with Crippen molar-refractivity contribution in [3.63, 3.8) is 0 Å². The molecule has 2 heteroatoms. The zero-order valence-electron chi connectivity index (χ0n) is 4.69. The average molecular weight is 221 g/mol. The minimum atomic E-state index is 0. The summed E-state index contributed by atoms with van der Waals surface area (Å²) in [4.78, 5) is 2.96. The van der Waals surface area contributed by atoms with Crippen LogP contribution in [0.4, 0.5) is 0 Å². The smallest absolute Gasteiger partial charge is 0.169 e. The van der Waals surface area contributed by atoms with Crippen LogP contribution in [-0.2, 0) is 0 Å². The number of aryl methyl sites for hydroxylation is 1. The number of pyridine rings is 1. The van der Waals surface area contributed by atoms with Gasteiger partial charge in [0.25, 0.3) is 0 Å². The molecule has 1 aromatic heterocycles. The van der Waals surface area contributed by atoms with Crippen LogP contribution < -0.4 is 29.0 Å². The second kappa shape index (κ2) is 3.83. The molecule has 0 unspecified atom stereocenters. The molecule has 1 N–H and O–H groups in total. The van der Waals surface area contributed by atoms with Crippen LogP contribution in [0.25, 0.3) is 0 Å². The van der Waals surface area contributed by atoms with Gasteiger partial charge in [0.15, 0.2) is 12.4 Å². The molecule has 8 heavy (non-hydrogen) atoms. The second-order valence-corrected chi connectivity index (χ2v) is 1.58. The third kappa shape index (κ3) is 2.26. The van der Waals surface area contributed by atoms with E-state index in [1.807, 2.05) is 18.5 Å². The summed E-state index contributed by atoms with van der Waals surface area (Å²) in [5.41, 5.74) is 1.27. The Labute approximate surface area is 66.2 Å². The number of halogens is 1. The zero-order valence-corrected chi connectivity index (χ0v) is 6.84. The van der Waals surface area contributed by atoms with Gasteiger partial charge in [0, 0.05) is 11.6 Å². The lowest BCUT2D eigenvalue weighted by atomic mass is 10.3. The summed E-state index contributed by atoms with van der Waals surface area (Å²) < 4.78 is 0. The first-order valence-electron chi connectivity index (χ1n) is 2.32. The molecule has 0 amide bonds. The standard InChI is InChI=1S/C6H7N.HI/c1-6-3-2-4-7-5-6;/h2-5H,1H3;1H. The SMILES string of the molecule is Cc1ccc[nH+]c1.[I-]. The second-order valence-electron chi connectivity index (χ2n) is 1.58. The molecule has 0 saturated heterocycles. The highest BCUT2D eigenvalue weighted by molar-refractivity contribution is 5.00. The minimum Gasteiger partial charge on any atom is -1.00 e. The molecule has 0 atom stereocenters. The Morgan fingerprint density at radius 3 is 2.50 bits per heavy atom. The topological polar surface area (TPSA) is 14.1 Å². The van der Waals surface area contributed by atoms with Gasteiger partial charge in [-0.3, -0.25) is 0 Å². The lowest BCUT2D eigenvalue weighted by molar-refractivity contribution is -0.378. The molecule has 0 aliphatic rings. The quantitative estimate of drug-likeness (QED) is 0.442. The fourth-order valence-corrected chi connectivity index (χ4v) is 0.483. The maximum Gasteiger partial charge on any atom is 0.169 e. The van der Waals surface area contributed by atoms with Gasteiger partial charge in [-0.05, 0) is 13.0 Å². The van der Waals surface area contributed by atoms with Gasteiger partial charge < -0.3 is 24.0 Å². The normalized spacial score (nSPS) is 7.62. The summed E-state index contributed by atoms with van der Waals surface area (Å²) in [5, 5.41) is 0. The first-order valence-corrected chi connectivity index (χ1v) is 2.32. The fraction of sp³-hybridized carbons (Fsp3) is 0.167. The van der Waals surface area contributed by atoms with Crippen LogP contribution in [0, 0.1) is 6.92 Å². The molecule has 0 aliphatic heterocycles. The van der Waals surface area contributed by atoms with E-state index in [1.165, 1.54) is 5.56 Å². The van der Waals surface area contributed by atoms with Crippen molar-refractivity contribution in [1.82, 2.24) is 0 Å². The van der Waals surface area contributed by atoms with Gasteiger partial charge in [-0.15, -0.1) is 0 Å². The summed E-state index contributed by atoms with van der Waals surface area (Å²) in [6, 6.07) is 4.03. The Morgan fingerprint density at radius 2 is 2.25 bits per heavy atom. The first-order chi connectivity index (χ1) is 3.39. The first kappa shape index (κ1) is 7.88. The predicted octanol–water partition coefficient (Wildman–Crippen LogP) is -2.19. The largest absolute Gasteiger partial charge is 1.00 e. The van der Waals surface area contributed by atoms with Gasteiger partial charge in [0.05, 0.1) is 0 Å². The molecule has 1 nitrogen and oxygen atoms in total. The third-order valence-corrected chi connectivity index (χ3v) is 0.863. The van der Waals surface area contributed by atoms with E-state index in [-0.39, 0.29) is 24.0 Å². The Bertz CT molecular complexity index is 138. The molecule has 0 spiro atoms. The van der Waals surface area contributed by atoms with Crippen LogP contribution in [0.15, 0.2) is 24.5 Å². The van der Waals surface area contributed by atoms with Crippen molar-refractivity contribution in [2.24, 2.45) is 0 Å². The molecular weight excluding hydrogens is 213 g/mol. The number of rotatable bonds is 0. The number of hydrogen-bond donors (Lipinski definition) is 0. The number of hydrogen-bond acceptors (Lipinski definition) is 0. The van der Waals surface area contributed by atoms with Gasteiger partial charge in [-0.25, -0.2) is 4.98 Å². The van der Waals surface area contributed by atoms with E-state index in [9.17, 15) is 0 Å². The van der Waals surface area contributed by atoms with E-state index in [0.29, 0.717) is 0 Å². The minimum absolute atomic E-state index is 0. The van der Waals surface area contributed by atoms with Crippen LogP contribution in [0.2, 0.25) is 0 Å². The summed E-state index contributed by atoms with van der Waals surface area (Å²) in [5.74, 6) is 0. The van der Waals surface area contributed by atoms with Crippen molar-refractivity contribution in [3.05, 3.63) is 30.1 Å². The monoisotopic (exact) mass is 221 g/mol. The molecule has 0 fully saturated rings. The average Bonchev–Trinajstić information content (AvgIpc) is 1.69. The zero-order chi connectivity index (χ0) is 5.11. The van der Waals surface area contributed by atoms with Crippen molar-refractivity contribution < 1.29 is 29.0 Å². The number of H-pyrrole nitrogens is 1. The highest BCUT2D eigenvalue weighted by atomic mass is 127. The van der Waals surface area contributed by atoms with Crippen molar-refractivity contribution in [1.29, 1.82) is 0 Å². The number of aromatic amines is 1. The molecule has 0 aromatic carbocycles. The fourth-order valence-electron chi connectivity index (χ4n) is 0.483. The maximum absolute atomic E-state index is 2.96. The van der Waals surface area contributed by atoms with Crippen molar-refractivity contribution in [2.45, 2.75) is 6.92 Å². The van der Waals surface area contributed by atoms with Crippen LogP contribution in [0.5, 0.6) is 0 Å². The van der Waals surface area contributed by atoms with Gasteiger partial charge in [-0.1, -0.05) is 0 Å². The number of nitrogens with one attached hydrogen (secondary N) is 1. The van der Waals surface area contributed by atoms with E-state index in [0.717, 1.165) is 0 Å². The van der Waals surface area contributed by atoms with Gasteiger partial charge in [-0.2, -0.15) is 0 Å². The van der Waals surface area contributed by atoms with Crippen LogP contribution >= 0.6 is 0 Å². The van der Waals surface area contributed by atoms with E-state index in [4.69, 9.17) is 0 Å². The summed E-state index contributed by atoms with van der Waals surface area (Å²) in [6.45, 7) is 2.05. The molecule has 0 radical (unpaired) electrons. The van der Waals surface area contributed by atoms with Crippen LogP contribution in [0.3, 0.4) is 0 Å². The van der Waals surface area contributed by atoms with Gasteiger partial charge in [0.2, 0.25) is 0 Å². The van der Waals surface area contributed by atoms with E-state index in [2.05, 4.69) is 18.0 Å². The lowest BCUT2D eigenvalue weighted by Crippen LogP contribution is -3.00. The van der Waals surface area contributed by atoms with Gasteiger partial charge >= 0.3 is 0 Å². The van der Waals surface area contributed by atoms with E-state index < -0.39 is 0 Å². The molecular formula is C6H8IN. The molecule has 0 saturated carbocycles. The predicted molar refractivity (Wildman–Crippen MR) is 27.7 cm³/mol. The highest BCUT2D eigenvalue weighted by Gasteiger charge is 1.79. The number of aromatic nitrogens is 1. The van der Waals surface area contributed by atoms with E-state index >= 15 is 0 Å². The summed E-state index contributed by atoms with van der Waals surface area (Å²) in [6.07, 6.45) is 3.85. The third-order valence-electron chi connectivity index (χ3n) is 0.863. The molecule has 44 valence electrons. The van der Waals surface area contributed by atoms with Crippen molar-refractivity contribution in [2.75, 3.05) is 0 Å². The Hall–Kier alpha value is -0.120. The van der Waals surface area contributed by atoms with Crippen LogP contribution in [-0.4, -0.2) is 0 Å². The molecule has 1 aromatic rings. The molecule has 1 rings (SSSR count). The Balaban J connectivity index is 0.000000490. The van der Waals surface area contributed by atoms with Gasteiger partial charge in [0.1, 0.15) is 0 Å². The summed E-state index contributed by atoms with van der Waals surface area (Å²) >= 11 is 0. The summed E-state index contributed by atoms with van der Waals surface area (Å²) in [7, 11) is 0. The molecule has 0 aliphatic carbocycles. The Morgan fingerprint density at radius 1 is 1.50 bits per heavy atom. The molecule has 0 bridgehead atoms. The maximum atomic E-state index is 2.96. The van der Waals surface area contributed by atoms with Crippen LogP contribution in [0.1, 0.15) is 5.56 Å². The Kier molecular flexibility index (Phi) is 3.77. The van der Waals surface area contributed by atoms with E-state index in [1.54, 1.807) is 0 Å². The molecule has 1 heterocycles.